The summed E-state index contributed by atoms with van der Waals surface area (Å²) in [6.07, 6.45) is -1.18. The minimum absolute atomic E-state index is 0.0573. The molecule has 0 saturated carbocycles. The van der Waals surface area contributed by atoms with Crippen LogP contribution in [0.2, 0.25) is 0 Å². The number of nitro benzene ring substituents is 1. The molecule has 1 N–H and O–H groups in total. The van der Waals surface area contributed by atoms with Gasteiger partial charge in [0.05, 0.1) is 16.3 Å². The van der Waals surface area contributed by atoms with Crippen molar-refractivity contribution in [1.29, 1.82) is 0 Å². The standard InChI is InChI=1S/C11H15NO5S/c1-3-18(16,17)8(2)11(13)9-4-6-10(7-5-9)12(14)15/h4-8,11,13H,3H2,1-2H3. The molecular formula is C11H15NO5S. The molecule has 0 aliphatic rings. The number of benzene rings is 1. The Morgan fingerprint density at radius 1 is 1.33 bits per heavy atom. The van der Waals surface area contributed by atoms with Gasteiger partial charge in [-0.15, -0.1) is 0 Å². The van der Waals surface area contributed by atoms with Crippen LogP contribution >= 0.6 is 0 Å². The zero-order valence-corrected chi connectivity index (χ0v) is 10.9. The molecule has 0 fully saturated rings. The lowest BCUT2D eigenvalue weighted by molar-refractivity contribution is -0.384. The minimum Gasteiger partial charge on any atom is -0.387 e. The van der Waals surface area contributed by atoms with Crippen molar-refractivity contribution in [3.8, 4) is 0 Å². The molecule has 0 spiro atoms. The van der Waals surface area contributed by atoms with Crippen LogP contribution in [0.15, 0.2) is 24.3 Å². The van der Waals surface area contributed by atoms with Crippen molar-refractivity contribution in [2.75, 3.05) is 5.75 Å². The first-order valence-electron chi connectivity index (χ1n) is 5.43. The Morgan fingerprint density at radius 2 is 1.83 bits per heavy atom. The molecule has 0 aliphatic carbocycles. The summed E-state index contributed by atoms with van der Waals surface area (Å²) in [4.78, 5) is 9.92. The van der Waals surface area contributed by atoms with Crippen LogP contribution in [0.25, 0.3) is 0 Å². The Labute approximate surface area is 105 Å². The molecule has 0 aliphatic heterocycles. The Hall–Kier alpha value is -1.47. The van der Waals surface area contributed by atoms with Gasteiger partial charge < -0.3 is 5.11 Å². The molecule has 0 saturated heterocycles. The van der Waals surface area contributed by atoms with E-state index in [4.69, 9.17) is 0 Å². The highest BCUT2D eigenvalue weighted by atomic mass is 32.2. The van der Waals surface area contributed by atoms with Crippen molar-refractivity contribution < 1.29 is 18.4 Å². The zero-order chi connectivity index (χ0) is 13.9. The highest BCUT2D eigenvalue weighted by Gasteiger charge is 2.27. The SMILES string of the molecule is CCS(=O)(=O)C(C)C(O)c1ccc([N+](=O)[O-])cc1. The Balaban J connectivity index is 2.98. The number of nitro groups is 1. The monoisotopic (exact) mass is 273 g/mol. The van der Waals surface area contributed by atoms with Gasteiger partial charge in [-0.25, -0.2) is 8.42 Å². The summed E-state index contributed by atoms with van der Waals surface area (Å²) in [6.45, 7) is 2.93. The lowest BCUT2D eigenvalue weighted by Crippen LogP contribution is -2.26. The Kier molecular flexibility index (Phi) is 4.42. The average molecular weight is 273 g/mol. The highest BCUT2D eigenvalue weighted by molar-refractivity contribution is 7.92. The van der Waals surface area contributed by atoms with Crippen LogP contribution in [0, 0.1) is 10.1 Å². The highest BCUT2D eigenvalue weighted by Crippen LogP contribution is 2.24. The normalized spacial score (nSPS) is 15.1. The molecule has 1 rings (SSSR count). The number of aliphatic hydroxyl groups excluding tert-OH is 1. The predicted octanol–water partition coefficient (Wildman–Crippen LogP) is 1.45. The molecule has 0 amide bonds. The maximum atomic E-state index is 11.6. The van der Waals surface area contributed by atoms with Crippen LogP contribution in [-0.4, -0.2) is 29.5 Å². The van der Waals surface area contributed by atoms with Crippen molar-refractivity contribution >= 4 is 15.5 Å². The van der Waals surface area contributed by atoms with E-state index in [1.807, 2.05) is 0 Å². The van der Waals surface area contributed by atoms with Gasteiger partial charge in [-0.1, -0.05) is 6.92 Å². The molecule has 6 nitrogen and oxygen atoms in total. The average Bonchev–Trinajstić information content (AvgIpc) is 2.37. The van der Waals surface area contributed by atoms with Gasteiger partial charge in [-0.2, -0.15) is 0 Å². The lowest BCUT2D eigenvalue weighted by Gasteiger charge is -2.18. The van der Waals surface area contributed by atoms with Crippen molar-refractivity contribution in [2.24, 2.45) is 0 Å². The van der Waals surface area contributed by atoms with E-state index in [0.29, 0.717) is 5.56 Å². The Bertz CT molecular complexity index is 523. The molecule has 1 aromatic rings. The predicted molar refractivity (Wildman–Crippen MR) is 67.0 cm³/mol. The van der Waals surface area contributed by atoms with E-state index in [9.17, 15) is 23.6 Å². The van der Waals surface area contributed by atoms with Gasteiger partial charge in [0.15, 0.2) is 9.84 Å². The second-order valence-corrected chi connectivity index (χ2v) is 6.60. The van der Waals surface area contributed by atoms with Gasteiger partial charge in [0.25, 0.3) is 5.69 Å². The van der Waals surface area contributed by atoms with Crippen LogP contribution in [-0.2, 0) is 9.84 Å². The molecule has 0 aromatic heterocycles. The number of rotatable bonds is 5. The topological polar surface area (TPSA) is 97.5 Å². The zero-order valence-electron chi connectivity index (χ0n) is 10.1. The molecule has 18 heavy (non-hydrogen) atoms. The minimum atomic E-state index is -3.36. The van der Waals surface area contributed by atoms with E-state index in [1.54, 1.807) is 0 Å². The maximum Gasteiger partial charge on any atom is 0.269 e. The number of hydrogen-bond acceptors (Lipinski definition) is 5. The molecule has 0 heterocycles. The number of sulfone groups is 1. The van der Waals surface area contributed by atoms with Crippen LogP contribution < -0.4 is 0 Å². The van der Waals surface area contributed by atoms with Crippen molar-refractivity contribution in [3.05, 3.63) is 39.9 Å². The lowest BCUT2D eigenvalue weighted by atomic mass is 10.1. The van der Waals surface area contributed by atoms with Crippen LogP contribution in [0.4, 0.5) is 5.69 Å². The summed E-state index contributed by atoms with van der Waals surface area (Å²) in [7, 11) is -3.36. The van der Waals surface area contributed by atoms with Gasteiger partial charge in [-0.05, 0) is 24.6 Å². The second-order valence-electron chi connectivity index (χ2n) is 3.95. The van der Waals surface area contributed by atoms with Crippen molar-refractivity contribution in [1.82, 2.24) is 0 Å². The van der Waals surface area contributed by atoms with Gasteiger partial charge >= 0.3 is 0 Å². The van der Waals surface area contributed by atoms with Crippen molar-refractivity contribution in [2.45, 2.75) is 25.2 Å². The third kappa shape index (κ3) is 3.05. The van der Waals surface area contributed by atoms with Crippen molar-refractivity contribution in [3.63, 3.8) is 0 Å². The molecule has 1 aromatic carbocycles. The van der Waals surface area contributed by atoms with E-state index in [2.05, 4.69) is 0 Å². The summed E-state index contributed by atoms with van der Waals surface area (Å²) in [5, 5.41) is 19.5. The largest absolute Gasteiger partial charge is 0.387 e. The number of non-ortho nitro benzene ring substituents is 1. The summed E-state index contributed by atoms with van der Waals surface area (Å²) < 4.78 is 23.2. The van der Waals surface area contributed by atoms with E-state index >= 15 is 0 Å². The summed E-state index contributed by atoms with van der Waals surface area (Å²) in [5.74, 6) is -0.0573. The maximum absolute atomic E-state index is 11.6. The smallest absolute Gasteiger partial charge is 0.269 e. The van der Waals surface area contributed by atoms with Gasteiger partial charge in [-0.3, -0.25) is 10.1 Å². The molecule has 2 unspecified atom stereocenters. The van der Waals surface area contributed by atoms with E-state index < -0.39 is 26.1 Å². The van der Waals surface area contributed by atoms with E-state index in [1.165, 1.54) is 38.1 Å². The molecule has 7 heteroatoms. The number of nitrogens with zero attached hydrogens (tertiary/aromatic N) is 1. The number of aliphatic hydroxyl groups is 1. The fourth-order valence-electron chi connectivity index (χ4n) is 1.52. The molecule has 100 valence electrons. The van der Waals surface area contributed by atoms with Crippen LogP contribution in [0.5, 0.6) is 0 Å². The summed E-state index contributed by atoms with van der Waals surface area (Å²) >= 11 is 0. The molecule has 0 bridgehead atoms. The second kappa shape index (κ2) is 5.45. The third-order valence-electron chi connectivity index (χ3n) is 2.86. The first-order valence-corrected chi connectivity index (χ1v) is 7.15. The summed E-state index contributed by atoms with van der Waals surface area (Å²) in [6, 6.07) is 5.21. The fraction of sp³-hybridized carbons (Fsp3) is 0.455. The molecular weight excluding hydrogens is 258 g/mol. The number of hydrogen-bond donors (Lipinski definition) is 1. The quantitative estimate of drug-likeness (QED) is 0.646. The molecule has 2 atom stereocenters. The van der Waals surface area contributed by atoms with Gasteiger partial charge in [0.2, 0.25) is 0 Å². The van der Waals surface area contributed by atoms with Crippen LogP contribution in [0.1, 0.15) is 25.5 Å². The Morgan fingerprint density at radius 3 is 2.22 bits per heavy atom. The van der Waals surface area contributed by atoms with E-state index in [0.717, 1.165) is 0 Å². The van der Waals surface area contributed by atoms with E-state index in [-0.39, 0.29) is 11.4 Å². The third-order valence-corrected chi connectivity index (χ3v) is 5.05. The summed E-state index contributed by atoms with van der Waals surface area (Å²) in [5.41, 5.74) is 0.252. The first kappa shape index (κ1) is 14.6. The fourth-order valence-corrected chi connectivity index (χ4v) is 2.60. The van der Waals surface area contributed by atoms with Gasteiger partial charge in [0, 0.05) is 17.9 Å². The first-order chi connectivity index (χ1) is 8.29. The van der Waals surface area contributed by atoms with Gasteiger partial charge in [0.1, 0.15) is 0 Å². The van der Waals surface area contributed by atoms with Crippen LogP contribution in [0.3, 0.4) is 0 Å². The molecule has 0 radical (unpaired) electrons.